The van der Waals surface area contributed by atoms with Gasteiger partial charge in [-0.25, -0.2) is 8.42 Å². The van der Waals surface area contributed by atoms with Gasteiger partial charge in [-0.05, 0) is 48.7 Å². The van der Waals surface area contributed by atoms with E-state index in [1.807, 2.05) is 68.4 Å². The van der Waals surface area contributed by atoms with Crippen molar-refractivity contribution < 1.29 is 27.5 Å². The lowest BCUT2D eigenvalue weighted by atomic mass is 10.0. The molecule has 0 bridgehead atoms. The van der Waals surface area contributed by atoms with Crippen molar-refractivity contribution in [1.82, 2.24) is 10.2 Å². The molecule has 0 aromatic heterocycles. The first-order valence-electron chi connectivity index (χ1n) is 15.9. The monoisotopic (exact) mass is 655 g/mol. The van der Waals surface area contributed by atoms with E-state index < -0.39 is 28.5 Å². The van der Waals surface area contributed by atoms with Crippen molar-refractivity contribution in [1.29, 1.82) is 0 Å². The van der Waals surface area contributed by atoms with Gasteiger partial charge in [0.15, 0.2) is 11.5 Å². The fraction of sp³-hybridized carbons (Fsp3) is 0.297. The van der Waals surface area contributed by atoms with Gasteiger partial charge in [0.05, 0.1) is 10.6 Å². The molecule has 0 spiro atoms. The average Bonchev–Trinajstić information content (AvgIpc) is 3.10. The molecule has 1 aliphatic heterocycles. The number of hydrogen-bond acceptors (Lipinski definition) is 6. The summed E-state index contributed by atoms with van der Waals surface area (Å²) in [5.41, 5.74) is 3.00. The molecule has 0 radical (unpaired) electrons. The van der Waals surface area contributed by atoms with E-state index in [1.165, 1.54) is 17.0 Å². The molecule has 1 heterocycles. The number of benzene rings is 4. The predicted octanol–water partition coefficient (Wildman–Crippen LogP) is 5.52. The summed E-state index contributed by atoms with van der Waals surface area (Å²) in [6.45, 7) is 4.76. The van der Waals surface area contributed by atoms with Crippen molar-refractivity contribution in [2.75, 3.05) is 30.6 Å². The van der Waals surface area contributed by atoms with Crippen LogP contribution >= 0.6 is 0 Å². The molecule has 1 aliphatic rings. The van der Waals surface area contributed by atoms with Crippen LogP contribution in [0.1, 0.15) is 36.5 Å². The smallest absolute Gasteiger partial charge is 0.264 e. The summed E-state index contributed by atoms with van der Waals surface area (Å²) in [6, 6.07) is 29.2. The van der Waals surface area contributed by atoms with Crippen LogP contribution in [0.2, 0.25) is 0 Å². The summed E-state index contributed by atoms with van der Waals surface area (Å²) in [5.74, 6) is 0.0744. The van der Waals surface area contributed by atoms with Gasteiger partial charge in [0.25, 0.3) is 10.0 Å². The first kappa shape index (κ1) is 33.5. The Morgan fingerprint density at radius 2 is 1.49 bits per heavy atom. The Balaban J connectivity index is 1.56. The molecule has 47 heavy (non-hydrogen) atoms. The van der Waals surface area contributed by atoms with E-state index in [9.17, 15) is 18.0 Å². The lowest BCUT2D eigenvalue weighted by Gasteiger charge is -2.34. The standard InChI is InChI=1S/C37H41N3O6S/c1-3-4-21-38-37(42)33(24-29-11-7-5-8-12-29)39(26-30-17-15-28(2)16-18-30)36(41)27-40(47(43,44)32-13-9-6-10-14-32)31-19-20-34-35(25-31)46-23-22-45-34/h5-20,25,33H,3-4,21-24,26-27H2,1-2H3,(H,38,42)/t33-/m0/s1. The topological polar surface area (TPSA) is 105 Å². The predicted molar refractivity (Wildman–Crippen MR) is 182 cm³/mol. The molecule has 0 saturated carbocycles. The summed E-state index contributed by atoms with van der Waals surface area (Å²) in [4.78, 5) is 30.0. The van der Waals surface area contributed by atoms with Crippen molar-refractivity contribution in [3.05, 3.63) is 120 Å². The largest absolute Gasteiger partial charge is 0.486 e. The summed E-state index contributed by atoms with van der Waals surface area (Å²) >= 11 is 0. The minimum atomic E-state index is -4.22. The first-order valence-corrected chi connectivity index (χ1v) is 17.3. The number of fused-ring (bicyclic) bond motifs is 1. The Morgan fingerprint density at radius 3 is 2.17 bits per heavy atom. The molecule has 246 valence electrons. The second-order valence-electron chi connectivity index (χ2n) is 11.5. The molecule has 1 atom stereocenters. The molecule has 4 aromatic carbocycles. The third-order valence-electron chi connectivity index (χ3n) is 8.00. The third kappa shape index (κ3) is 8.51. The number of anilines is 1. The zero-order valence-electron chi connectivity index (χ0n) is 26.8. The van der Waals surface area contributed by atoms with Gasteiger partial charge in [-0.1, -0.05) is 91.7 Å². The van der Waals surface area contributed by atoms with E-state index >= 15 is 0 Å². The molecule has 0 unspecified atom stereocenters. The van der Waals surface area contributed by atoms with Crippen molar-refractivity contribution >= 4 is 27.5 Å². The van der Waals surface area contributed by atoms with Gasteiger partial charge in [-0.2, -0.15) is 0 Å². The van der Waals surface area contributed by atoms with Crippen LogP contribution in [0.4, 0.5) is 5.69 Å². The number of unbranched alkanes of at least 4 members (excludes halogenated alkanes) is 1. The summed E-state index contributed by atoms with van der Waals surface area (Å²) < 4.78 is 41.0. The van der Waals surface area contributed by atoms with E-state index in [1.54, 1.807) is 36.4 Å². The van der Waals surface area contributed by atoms with Crippen molar-refractivity contribution in [2.45, 2.75) is 50.6 Å². The number of ether oxygens (including phenoxy) is 2. The maximum absolute atomic E-state index is 14.6. The van der Waals surface area contributed by atoms with E-state index in [2.05, 4.69) is 5.32 Å². The lowest BCUT2D eigenvalue weighted by molar-refractivity contribution is -0.140. The van der Waals surface area contributed by atoms with Crippen LogP contribution in [0.25, 0.3) is 0 Å². The van der Waals surface area contributed by atoms with E-state index in [4.69, 9.17) is 9.47 Å². The highest BCUT2D eigenvalue weighted by atomic mass is 32.2. The van der Waals surface area contributed by atoms with Crippen LogP contribution in [-0.4, -0.2) is 57.5 Å². The van der Waals surface area contributed by atoms with E-state index in [0.29, 0.717) is 31.3 Å². The van der Waals surface area contributed by atoms with E-state index in [-0.39, 0.29) is 29.5 Å². The number of nitrogens with one attached hydrogen (secondary N) is 1. The zero-order chi connectivity index (χ0) is 33.2. The summed E-state index contributed by atoms with van der Waals surface area (Å²) in [5, 5.41) is 3.01. The Labute approximate surface area is 277 Å². The highest BCUT2D eigenvalue weighted by Gasteiger charge is 2.35. The maximum Gasteiger partial charge on any atom is 0.264 e. The molecule has 2 amide bonds. The first-order chi connectivity index (χ1) is 22.8. The number of aryl methyl sites for hydroxylation is 1. The number of carbonyl (C=O) groups is 2. The SMILES string of the molecule is CCCCNC(=O)[C@H](Cc1ccccc1)N(Cc1ccc(C)cc1)C(=O)CN(c1ccc2c(c1)OCCO2)S(=O)(=O)c1ccccc1. The molecular weight excluding hydrogens is 614 g/mol. The second-order valence-corrected chi connectivity index (χ2v) is 13.4. The fourth-order valence-electron chi connectivity index (χ4n) is 5.39. The Kier molecular flexibility index (Phi) is 11.2. The number of nitrogens with zero attached hydrogens (tertiary/aromatic N) is 2. The van der Waals surface area contributed by atoms with Gasteiger partial charge in [-0.3, -0.25) is 13.9 Å². The summed E-state index contributed by atoms with van der Waals surface area (Å²) in [6.07, 6.45) is 1.95. The van der Waals surface area contributed by atoms with Crippen LogP contribution in [0, 0.1) is 6.92 Å². The Morgan fingerprint density at radius 1 is 0.830 bits per heavy atom. The normalized spacial score (nSPS) is 13.0. The number of amides is 2. The van der Waals surface area contributed by atoms with Gasteiger partial charge >= 0.3 is 0 Å². The molecule has 0 fully saturated rings. The minimum Gasteiger partial charge on any atom is -0.486 e. The lowest BCUT2D eigenvalue weighted by Crippen LogP contribution is -2.53. The highest BCUT2D eigenvalue weighted by molar-refractivity contribution is 7.92. The third-order valence-corrected chi connectivity index (χ3v) is 9.79. The molecule has 0 saturated heterocycles. The molecular formula is C37H41N3O6S. The molecule has 5 rings (SSSR count). The molecule has 4 aromatic rings. The molecule has 1 N–H and O–H groups in total. The van der Waals surface area contributed by atoms with Crippen LogP contribution in [-0.2, 0) is 32.6 Å². The Bertz CT molecular complexity index is 1750. The van der Waals surface area contributed by atoms with Crippen LogP contribution in [0.3, 0.4) is 0 Å². The maximum atomic E-state index is 14.6. The quantitative estimate of drug-likeness (QED) is 0.180. The number of carbonyl (C=O) groups excluding carboxylic acids is 2. The number of sulfonamides is 1. The van der Waals surface area contributed by atoms with Crippen LogP contribution in [0.5, 0.6) is 11.5 Å². The van der Waals surface area contributed by atoms with Crippen LogP contribution in [0.15, 0.2) is 108 Å². The van der Waals surface area contributed by atoms with Gasteiger partial charge < -0.3 is 19.7 Å². The van der Waals surface area contributed by atoms with Gasteiger partial charge in [0.2, 0.25) is 11.8 Å². The Hall–Kier alpha value is -4.83. The average molecular weight is 656 g/mol. The molecule has 10 heteroatoms. The molecule has 9 nitrogen and oxygen atoms in total. The van der Waals surface area contributed by atoms with Crippen molar-refractivity contribution in [3.63, 3.8) is 0 Å². The summed E-state index contributed by atoms with van der Waals surface area (Å²) in [7, 11) is -4.22. The van der Waals surface area contributed by atoms with Crippen molar-refractivity contribution in [3.8, 4) is 11.5 Å². The van der Waals surface area contributed by atoms with Crippen molar-refractivity contribution in [2.24, 2.45) is 0 Å². The number of hydrogen-bond donors (Lipinski definition) is 1. The van der Waals surface area contributed by atoms with E-state index in [0.717, 1.165) is 33.8 Å². The number of rotatable bonds is 14. The molecule has 0 aliphatic carbocycles. The fourth-order valence-corrected chi connectivity index (χ4v) is 6.81. The van der Waals surface area contributed by atoms with Gasteiger partial charge in [-0.15, -0.1) is 0 Å². The van der Waals surface area contributed by atoms with Gasteiger partial charge in [0, 0.05) is 25.6 Å². The van der Waals surface area contributed by atoms with Gasteiger partial charge in [0.1, 0.15) is 25.8 Å². The zero-order valence-corrected chi connectivity index (χ0v) is 27.6. The minimum absolute atomic E-state index is 0.0333. The second kappa shape index (κ2) is 15.6. The highest BCUT2D eigenvalue weighted by Crippen LogP contribution is 2.36. The van der Waals surface area contributed by atoms with Crippen LogP contribution < -0.4 is 19.1 Å².